The van der Waals surface area contributed by atoms with E-state index in [1.807, 2.05) is 6.92 Å². The molecule has 0 aliphatic heterocycles. The van der Waals surface area contributed by atoms with Crippen LogP contribution in [0.3, 0.4) is 0 Å². The molecule has 1 amide bonds. The van der Waals surface area contributed by atoms with Crippen molar-refractivity contribution in [2.75, 3.05) is 0 Å². The van der Waals surface area contributed by atoms with Crippen molar-refractivity contribution < 1.29 is 19.1 Å². The van der Waals surface area contributed by atoms with E-state index in [4.69, 9.17) is 9.52 Å². The highest BCUT2D eigenvalue weighted by Crippen LogP contribution is 2.15. The SMILES string of the molecule is CC[C@H](C)[C@H](NC(=O)/C=C/c1ccc(Br)o1)C(=O)O. The van der Waals surface area contributed by atoms with E-state index in [2.05, 4.69) is 21.2 Å². The quantitative estimate of drug-likeness (QED) is 0.786. The second kappa shape index (κ2) is 7.13. The normalized spacial score (nSPS) is 14.3. The molecule has 0 bridgehead atoms. The third-order valence-electron chi connectivity index (χ3n) is 2.77. The summed E-state index contributed by atoms with van der Waals surface area (Å²) in [6.07, 6.45) is 3.41. The second-order valence-electron chi connectivity index (χ2n) is 4.19. The van der Waals surface area contributed by atoms with Crippen LogP contribution >= 0.6 is 15.9 Å². The zero-order valence-corrected chi connectivity index (χ0v) is 12.3. The third-order valence-corrected chi connectivity index (χ3v) is 3.20. The molecule has 1 heterocycles. The fourth-order valence-electron chi connectivity index (χ4n) is 1.46. The maximum atomic E-state index is 11.6. The van der Waals surface area contributed by atoms with Crippen LogP contribution < -0.4 is 5.32 Å². The Kier molecular flexibility index (Phi) is 5.82. The van der Waals surface area contributed by atoms with Crippen molar-refractivity contribution in [1.82, 2.24) is 5.32 Å². The highest BCUT2D eigenvalue weighted by Gasteiger charge is 2.24. The maximum absolute atomic E-state index is 11.6. The van der Waals surface area contributed by atoms with Gasteiger partial charge in [-0.25, -0.2) is 4.79 Å². The number of hydrogen-bond acceptors (Lipinski definition) is 3. The summed E-state index contributed by atoms with van der Waals surface area (Å²) >= 11 is 3.15. The Morgan fingerprint density at radius 3 is 2.68 bits per heavy atom. The molecule has 1 aromatic heterocycles. The van der Waals surface area contributed by atoms with Gasteiger partial charge >= 0.3 is 5.97 Å². The minimum Gasteiger partial charge on any atom is -0.480 e. The second-order valence-corrected chi connectivity index (χ2v) is 4.97. The summed E-state index contributed by atoms with van der Waals surface area (Å²) in [6.45, 7) is 3.66. The number of rotatable bonds is 6. The van der Waals surface area contributed by atoms with E-state index in [9.17, 15) is 9.59 Å². The summed E-state index contributed by atoms with van der Waals surface area (Å²) in [5.74, 6) is -1.11. The summed E-state index contributed by atoms with van der Waals surface area (Å²) in [5, 5.41) is 11.5. The van der Waals surface area contributed by atoms with Crippen LogP contribution in [-0.2, 0) is 9.59 Å². The summed E-state index contributed by atoms with van der Waals surface area (Å²) in [6, 6.07) is 2.51. The first-order valence-electron chi connectivity index (χ1n) is 5.90. The molecule has 19 heavy (non-hydrogen) atoms. The number of carboxylic acids is 1. The van der Waals surface area contributed by atoms with E-state index in [1.54, 1.807) is 19.1 Å². The Labute approximate surface area is 119 Å². The molecule has 104 valence electrons. The number of hydrogen-bond donors (Lipinski definition) is 2. The molecule has 0 radical (unpaired) electrons. The molecule has 1 aromatic rings. The summed E-state index contributed by atoms with van der Waals surface area (Å²) in [5.41, 5.74) is 0. The van der Waals surface area contributed by atoms with E-state index >= 15 is 0 Å². The molecule has 0 spiro atoms. The van der Waals surface area contributed by atoms with Gasteiger partial charge in [0.2, 0.25) is 5.91 Å². The average molecular weight is 330 g/mol. The van der Waals surface area contributed by atoms with Gasteiger partial charge in [-0.05, 0) is 40.1 Å². The van der Waals surface area contributed by atoms with Gasteiger partial charge < -0.3 is 14.8 Å². The van der Waals surface area contributed by atoms with E-state index in [1.165, 1.54) is 12.2 Å². The lowest BCUT2D eigenvalue weighted by atomic mass is 9.99. The lowest BCUT2D eigenvalue weighted by molar-refractivity contribution is -0.142. The number of carbonyl (C=O) groups is 2. The molecule has 0 aliphatic carbocycles. The number of halogens is 1. The molecule has 1 rings (SSSR count). The van der Waals surface area contributed by atoms with Gasteiger partial charge in [0, 0.05) is 6.08 Å². The van der Waals surface area contributed by atoms with Crippen LogP contribution in [0.4, 0.5) is 0 Å². The first kappa shape index (κ1) is 15.5. The molecule has 2 N–H and O–H groups in total. The van der Waals surface area contributed by atoms with Gasteiger partial charge in [0.25, 0.3) is 0 Å². The van der Waals surface area contributed by atoms with Crippen LogP contribution in [0.25, 0.3) is 6.08 Å². The Balaban J connectivity index is 2.62. The fourth-order valence-corrected chi connectivity index (χ4v) is 1.78. The number of amides is 1. The van der Waals surface area contributed by atoms with E-state index in [0.717, 1.165) is 0 Å². The minimum absolute atomic E-state index is 0.132. The minimum atomic E-state index is -1.03. The van der Waals surface area contributed by atoms with E-state index < -0.39 is 17.9 Å². The number of nitrogens with one attached hydrogen (secondary N) is 1. The zero-order chi connectivity index (χ0) is 14.4. The van der Waals surface area contributed by atoms with Crippen molar-refractivity contribution in [1.29, 1.82) is 0 Å². The Bertz CT molecular complexity index is 481. The van der Waals surface area contributed by atoms with Gasteiger partial charge in [-0.1, -0.05) is 20.3 Å². The monoisotopic (exact) mass is 329 g/mol. The smallest absolute Gasteiger partial charge is 0.326 e. The van der Waals surface area contributed by atoms with E-state index in [-0.39, 0.29) is 5.92 Å². The summed E-state index contributed by atoms with van der Waals surface area (Å²) in [4.78, 5) is 22.7. The van der Waals surface area contributed by atoms with Gasteiger partial charge in [0.1, 0.15) is 11.8 Å². The highest BCUT2D eigenvalue weighted by molar-refractivity contribution is 9.10. The van der Waals surface area contributed by atoms with Gasteiger partial charge in [-0.2, -0.15) is 0 Å². The first-order valence-corrected chi connectivity index (χ1v) is 6.70. The molecule has 0 aliphatic rings. The number of aliphatic carboxylic acids is 1. The molecule has 0 saturated heterocycles. The standard InChI is InChI=1S/C13H16BrNO4/c1-3-8(2)12(13(17)18)15-11(16)7-5-9-4-6-10(14)19-9/h4-8,12H,3H2,1-2H3,(H,15,16)(H,17,18)/b7-5+/t8-,12-/m0/s1. The van der Waals surface area contributed by atoms with E-state index in [0.29, 0.717) is 16.9 Å². The van der Waals surface area contributed by atoms with Crippen molar-refractivity contribution in [2.24, 2.45) is 5.92 Å². The Morgan fingerprint density at radius 1 is 1.53 bits per heavy atom. The predicted octanol–water partition coefficient (Wildman–Crippen LogP) is 2.67. The molecule has 0 aromatic carbocycles. The van der Waals surface area contributed by atoms with Crippen LogP contribution in [0.5, 0.6) is 0 Å². The van der Waals surface area contributed by atoms with Crippen molar-refractivity contribution in [2.45, 2.75) is 26.3 Å². The Hall–Kier alpha value is -1.56. The van der Waals surface area contributed by atoms with Gasteiger partial charge in [0.05, 0.1) is 0 Å². The zero-order valence-electron chi connectivity index (χ0n) is 10.7. The molecule has 2 atom stereocenters. The van der Waals surface area contributed by atoms with Crippen molar-refractivity contribution in [3.05, 3.63) is 28.6 Å². The summed E-state index contributed by atoms with van der Waals surface area (Å²) in [7, 11) is 0. The average Bonchev–Trinajstić information content (AvgIpc) is 2.78. The van der Waals surface area contributed by atoms with Gasteiger partial charge in [-0.15, -0.1) is 0 Å². The van der Waals surface area contributed by atoms with Crippen molar-refractivity contribution in [3.63, 3.8) is 0 Å². The van der Waals surface area contributed by atoms with Gasteiger partial charge in [-0.3, -0.25) is 4.79 Å². The number of furan rings is 1. The molecule has 0 unspecified atom stereocenters. The molecular formula is C13H16BrNO4. The fraction of sp³-hybridized carbons (Fsp3) is 0.385. The molecular weight excluding hydrogens is 314 g/mol. The lowest BCUT2D eigenvalue weighted by Crippen LogP contribution is -2.44. The lowest BCUT2D eigenvalue weighted by Gasteiger charge is -2.19. The molecule has 6 heteroatoms. The molecule has 0 fully saturated rings. The maximum Gasteiger partial charge on any atom is 0.326 e. The van der Waals surface area contributed by atoms with Crippen LogP contribution in [0.15, 0.2) is 27.3 Å². The summed E-state index contributed by atoms with van der Waals surface area (Å²) < 4.78 is 5.75. The van der Waals surface area contributed by atoms with Crippen LogP contribution in [0.2, 0.25) is 0 Å². The molecule has 0 saturated carbocycles. The number of carboxylic acid groups (broad SMARTS) is 1. The third kappa shape index (κ3) is 4.90. The van der Waals surface area contributed by atoms with Crippen molar-refractivity contribution in [3.8, 4) is 0 Å². The van der Waals surface area contributed by atoms with Crippen LogP contribution in [0, 0.1) is 5.92 Å². The van der Waals surface area contributed by atoms with Gasteiger partial charge in [0.15, 0.2) is 4.67 Å². The predicted molar refractivity (Wildman–Crippen MR) is 74.5 cm³/mol. The largest absolute Gasteiger partial charge is 0.480 e. The highest BCUT2D eigenvalue weighted by atomic mass is 79.9. The first-order chi connectivity index (χ1) is 8.93. The number of carbonyl (C=O) groups excluding carboxylic acids is 1. The van der Waals surface area contributed by atoms with Crippen LogP contribution in [0.1, 0.15) is 26.0 Å². The van der Waals surface area contributed by atoms with Crippen molar-refractivity contribution >= 4 is 33.9 Å². The molecule has 5 nitrogen and oxygen atoms in total. The van der Waals surface area contributed by atoms with Crippen LogP contribution in [-0.4, -0.2) is 23.0 Å². The topological polar surface area (TPSA) is 79.5 Å². The Morgan fingerprint density at radius 2 is 2.21 bits per heavy atom.